The highest BCUT2D eigenvalue weighted by molar-refractivity contribution is 7.07. The molecule has 3 rings (SSSR count). The fourth-order valence-corrected chi connectivity index (χ4v) is 3.21. The number of urea groups is 1. The minimum Gasteiger partial charge on any atom is -0.337 e. The maximum absolute atomic E-state index is 13.0. The number of hydrogen-bond donors (Lipinski definition) is 1. The van der Waals surface area contributed by atoms with E-state index in [1.54, 1.807) is 17.5 Å². The zero-order valence-electron chi connectivity index (χ0n) is 13.1. The summed E-state index contributed by atoms with van der Waals surface area (Å²) in [7, 11) is 1.77. The van der Waals surface area contributed by atoms with Gasteiger partial charge in [-0.05, 0) is 42.4 Å². The van der Waals surface area contributed by atoms with Crippen LogP contribution in [0.1, 0.15) is 24.1 Å². The molecule has 2 aromatic rings. The summed E-state index contributed by atoms with van der Waals surface area (Å²) in [6, 6.07) is 6.55. The predicted octanol–water partition coefficient (Wildman–Crippen LogP) is 3.45. The van der Waals surface area contributed by atoms with Crippen LogP contribution in [-0.4, -0.2) is 29.5 Å². The molecule has 1 N–H and O–H groups in total. The molecule has 0 aliphatic heterocycles. The summed E-state index contributed by atoms with van der Waals surface area (Å²) in [6.07, 6.45) is 3.07. The minimum atomic E-state index is -0.212. The zero-order valence-corrected chi connectivity index (χ0v) is 13.9. The maximum atomic E-state index is 13.0. The molecule has 122 valence electrons. The summed E-state index contributed by atoms with van der Waals surface area (Å²) in [5.41, 5.74) is 3.92. The number of carbonyl (C=O) groups is 1. The molecule has 1 aliphatic carbocycles. The maximum Gasteiger partial charge on any atom is 0.317 e. The smallest absolute Gasteiger partial charge is 0.317 e. The van der Waals surface area contributed by atoms with Crippen LogP contribution in [0.15, 0.2) is 35.2 Å². The predicted molar refractivity (Wildman–Crippen MR) is 88.8 cm³/mol. The van der Waals surface area contributed by atoms with Crippen LogP contribution in [-0.2, 0) is 13.0 Å². The Balaban J connectivity index is 1.49. The fraction of sp³-hybridized carbons (Fsp3) is 0.412. The molecular weight excluding hydrogens is 313 g/mol. The molecule has 0 unspecified atom stereocenters. The van der Waals surface area contributed by atoms with Gasteiger partial charge in [-0.2, -0.15) is 0 Å². The summed E-state index contributed by atoms with van der Waals surface area (Å²) in [5.74, 6) is -0.212. The Morgan fingerprint density at radius 3 is 2.74 bits per heavy atom. The molecule has 1 fully saturated rings. The van der Waals surface area contributed by atoms with E-state index in [1.165, 1.54) is 23.5 Å². The highest BCUT2D eigenvalue weighted by atomic mass is 32.1. The van der Waals surface area contributed by atoms with Crippen molar-refractivity contribution in [3.05, 3.63) is 52.2 Å². The van der Waals surface area contributed by atoms with E-state index in [-0.39, 0.29) is 17.3 Å². The number of aromatic nitrogens is 1. The molecular formula is C17H20FN3OS. The Morgan fingerprint density at radius 1 is 1.39 bits per heavy atom. The number of hydrogen-bond acceptors (Lipinski definition) is 3. The lowest BCUT2D eigenvalue weighted by molar-refractivity contribution is 0.203. The first-order chi connectivity index (χ1) is 11.1. The molecule has 0 spiro atoms. The number of thiazole rings is 1. The molecule has 1 saturated carbocycles. The normalized spacial score (nSPS) is 15.2. The third kappa shape index (κ3) is 4.28. The van der Waals surface area contributed by atoms with E-state index in [0.29, 0.717) is 13.1 Å². The lowest BCUT2D eigenvalue weighted by Gasteiger charge is -2.21. The Labute approximate surface area is 139 Å². The van der Waals surface area contributed by atoms with Gasteiger partial charge in [-0.15, -0.1) is 11.3 Å². The number of carbonyl (C=O) groups excluding carboxylic acids is 1. The quantitative estimate of drug-likeness (QED) is 0.880. The Hall–Kier alpha value is -1.95. The number of rotatable bonds is 6. The van der Waals surface area contributed by atoms with Crippen LogP contribution in [0, 0.1) is 11.2 Å². The van der Waals surface area contributed by atoms with Crippen LogP contribution >= 0.6 is 11.3 Å². The molecule has 0 atom stereocenters. The monoisotopic (exact) mass is 333 g/mol. The third-order valence-electron chi connectivity index (χ3n) is 4.29. The number of benzene rings is 1. The zero-order chi connectivity index (χ0) is 16.3. The standard InChI is InChI=1S/C17H20FN3OS/c1-21(9-15-10-23-12-20-15)16(22)19-11-17(6-7-17)8-13-2-4-14(18)5-3-13/h2-5,10,12H,6-9,11H2,1H3,(H,19,22). The summed E-state index contributed by atoms with van der Waals surface area (Å²) >= 11 is 1.53. The van der Waals surface area contributed by atoms with Crippen molar-refractivity contribution in [1.29, 1.82) is 0 Å². The average molecular weight is 333 g/mol. The average Bonchev–Trinajstić information content (AvgIpc) is 3.11. The molecule has 2 amide bonds. The van der Waals surface area contributed by atoms with Crippen LogP contribution < -0.4 is 5.32 Å². The molecule has 1 aromatic heterocycles. The molecule has 1 heterocycles. The second-order valence-corrected chi connectivity index (χ2v) is 7.02. The molecule has 6 heteroatoms. The van der Waals surface area contributed by atoms with Gasteiger partial charge in [0.2, 0.25) is 0 Å². The van der Waals surface area contributed by atoms with Crippen molar-refractivity contribution < 1.29 is 9.18 Å². The number of nitrogens with one attached hydrogen (secondary N) is 1. The van der Waals surface area contributed by atoms with Gasteiger partial charge in [0.05, 0.1) is 17.7 Å². The van der Waals surface area contributed by atoms with Crippen molar-refractivity contribution in [2.24, 2.45) is 5.41 Å². The Kier molecular flexibility index (Phi) is 4.61. The van der Waals surface area contributed by atoms with Crippen LogP contribution in [0.3, 0.4) is 0 Å². The summed E-state index contributed by atoms with van der Waals surface area (Å²) < 4.78 is 13.0. The van der Waals surface area contributed by atoms with E-state index >= 15 is 0 Å². The minimum absolute atomic E-state index is 0.0802. The van der Waals surface area contributed by atoms with Gasteiger partial charge in [-0.1, -0.05) is 12.1 Å². The van der Waals surface area contributed by atoms with E-state index in [1.807, 2.05) is 17.5 Å². The van der Waals surface area contributed by atoms with Crippen LogP contribution in [0.4, 0.5) is 9.18 Å². The van der Waals surface area contributed by atoms with E-state index in [0.717, 1.165) is 30.5 Å². The van der Waals surface area contributed by atoms with Crippen molar-refractivity contribution in [3.63, 3.8) is 0 Å². The van der Waals surface area contributed by atoms with Crippen molar-refractivity contribution in [2.45, 2.75) is 25.8 Å². The molecule has 1 aliphatic rings. The van der Waals surface area contributed by atoms with Crippen LogP contribution in [0.2, 0.25) is 0 Å². The third-order valence-corrected chi connectivity index (χ3v) is 4.93. The van der Waals surface area contributed by atoms with Crippen molar-refractivity contribution in [1.82, 2.24) is 15.2 Å². The van der Waals surface area contributed by atoms with E-state index in [9.17, 15) is 9.18 Å². The summed E-state index contributed by atoms with van der Waals surface area (Å²) in [6.45, 7) is 1.17. The van der Waals surface area contributed by atoms with E-state index in [2.05, 4.69) is 10.3 Å². The highest BCUT2D eigenvalue weighted by Gasteiger charge is 2.42. The molecule has 23 heavy (non-hydrogen) atoms. The molecule has 0 saturated heterocycles. The Morgan fingerprint density at radius 2 is 2.13 bits per heavy atom. The van der Waals surface area contributed by atoms with Crippen LogP contribution in [0.25, 0.3) is 0 Å². The van der Waals surface area contributed by atoms with Crippen molar-refractivity contribution >= 4 is 17.4 Å². The highest BCUT2D eigenvalue weighted by Crippen LogP contribution is 2.47. The SMILES string of the molecule is CN(Cc1cscn1)C(=O)NCC1(Cc2ccc(F)cc2)CC1. The number of amides is 2. The second-order valence-electron chi connectivity index (χ2n) is 6.30. The first kappa shape index (κ1) is 15.9. The van der Waals surface area contributed by atoms with E-state index < -0.39 is 0 Å². The van der Waals surface area contributed by atoms with Gasteiger partial charge in [0, 0.05) is 19.0 Å². The summed E-state index contributed by atoms with van der Waals surface area (Å²) in [5, 5.41) is 4.96. The topological polar surface area (TPSA) is 45.2 Å². The summed E-state index contributed by atoms with van der Waals surface area (Å²) in [4.78, 5) is 18.0. The molecule has 0 radical (unpaired) electrons. The van der Waals surface area contributed by atoms with Gasteiger partial charge in [-0.3, -0.25) is 0 Å². The van der Waals surface area contributed by atoms with Crippen LogP contribution in [0.5, 0.6) is 0 Å². The Bertz CT molecular complexity index is 653. The van der Waals surface area contributed by atoms with Gasteiger partial charge in [-0.25, -0.2) is 14.2 Å². The lowest BCUT2D eigenvalue weighted by Crippen LogP contribution is -2.40. The first-order valence-corrected chi connectivity index (χ1v) is 8.61. The van der Waals surface area contributed by atoms with Gasteiger partial charge < -0.3 is 10.2 Å². The molecule has 1 aromatic carbocycles. The van der Waals surface area contributed by atoms with Crippen molar-refractivity contribution in [3.8, 4) is 0 Å². The second kappa shape index (κ2) is 6.66. The first-order valence-electron chi connectivity index (χ1n) is 7.67. The molecule has 0 bridgehead atoms. The van der Waals surface area contributed by atoms with E-state index in [4.69, 9.17) is 0 Å². The fourth-order valence-electron chi connectivity index (χ4n) is 2.66. The molecule has 4 nitrogen and oxygen atoms in total. The number of nitrogens with zero attached hydrogens (tertiary/aromatic N) is 2. The lowest BCUT2D eigenvalue weighted by atomic mass is 9.96. The van der Waals surface area contributed by atoms with Gasteiger partial charge in [0.15, 0.2) is 0 Å². The van der Waals surface area contributed by atoms with Crippen molar-refractivity contribution in [2.75, 3.05) is 13.6 Å². The largest absolute Gasteiger partial charge is 0.337 e. The number of halogens is 1. The van der Waals surface area contributed by atoms with Gasteiger partial charge in [0.1, 0.15) is 5.82 Å². The van der Waals surface area contributed by atoms with Gasteiger partial charge >= 0.3 is 6.03 Å². The van der Waals surface area contributed by atoms with Gasteiger partial charge in [0.25, 0.3) is 0 Å².